The zero-order chi connectivity index (χ0) is 8.97. The van der Waals surface area contributed by atoms with Crippen molar-refractivity contribution in [2.24, 2.45) is 5.92 Å². The molecule has 1 aliphatic rings. The number of amides is 1. The molecule has 0 saturated carbocycles. The Morgan fingerprint density at radius 3 is 2.92 bits per heavy atom. The van der Waals surface area contributed by atoms with Gasteiger partial charge < -0.3 is 10.6 Å². The average molecular weight is 170 g/mol. The van der Waals surface area contributed by atoms with Crippen molar-refractivity contribution in [1.82, 2.24) is 10.6 Å². The number of nitrogens with one attached hydrogen (secondary N) is 2. The lowest BCUT2D eigenvalue weighted by atomic mass is 10.1. The van der Waals surface area contributed by atoms with Gasteiger partial charge in [0, 0.05) is 19.0 Å². The van der Waals surface area contributed by atoms with Crippen molar-refractivity contribution in [2.45, 2.75) is 32.7 Å². The van der Waals surface area contributed by atoms with E-state index in [4.69, 9.17) is 0 Å². The minimum Gasteiger partial charge on any atom is -0.354 e. The van der Waals surface area contributed by atoms with E-state index in [0.29, 0.717) is 12.5 Å². The Bertz CT molecular complexity index is 157. The lowest BCUT2D eigenvalue weighted by Crippen LogP contribution is -2.32. The second kappa shape index (κ2) is 4.45. The van der Waals surface area contributed by atoms with Crippen LogP contribution in [0.1, 0.15) is 26.7 Å². The highest BCUT2D eigenvalue weighted by molar-refractivity contribution is 5.78. The van der Waals surface area contributed by atoms with E-state index >= 15 is 0 Å². The molecule has 1 atom stereocenters. The molecule has 0 aromatic carbocycles. The molecule has 0 aliphatic carbocycles. The Labute approximate surface area is 73.9 Å². The van der Waals surface area contributed by atoms with Crippen LogP contribution in [0, 0.1) is 5.92 Å². The smallest absolute Gasteiger partial charge is 0.221 e. The molecule has 70 valence electrons. The van der Waals surface area contributed by atoms with Gasteiger partial charge in [0.2, 0.25) is 5.91 Å². The summed E-state index contributed by atoms with van der Waals surface area (Å²) < 4.78 is 0. The molecule has 2 N–H and O–H groups in total. The van der Waals surface area contributed by atoms with E-state index in [1.54, 1.807) is 0 Å². The zero-order valence-electron chi connectivity index (χ0n) is 7.89. The summed E-state index contributed by atoms with van der Waals surface area (Å²) in [5.41, 5.74) is 0. The van der Waals surface area contributed by atoms with Gasteiger partial charge in [0.1, 0.15) is 0 Å². The van der Waals surface area contributed by atoms with Crippen LogP contribution in [0.3, 0.4) is 0 Å². The van der Waals surface area contributed by atoms with Gasteiger partial charge in [0.15, 0.2) is 0 Å². The van der Waals surface area contributed by atoms with Crippen molar-refractivity contribution in [2.75, 3.05) is 13.1 Å². The summed E-state index contributed by atoms with van der Waals surface area (Å²) in [6.07, 6.45) is 1.84. The van der Waals surface area contributed by atoms with Gasteiger partial charge in [-0.3, -0.25) is 4.79 Å². The van der Waals surface area contributed by atoms with E-state index in [2.05, 4.69) is 24.5 Å². The first-order valence-corrected chi connectivity index (χ1v) is 4.68. The van der Waals surface area contributed by atoms with Crippen molar-refractivity contribution in [3.63, 3.8) is 0 Å². The van der Waals surface area contributed by atoms with E-state index in [-0.39, 0.29) is 5.91 Å². The summed E-state index contributed by atoms with van der Waals surface area (Å²) in [5.74, 6) is 0.916. The van der Waals surface area contributed by atoms with Crippen LogP contribution in [0.5, 0.6) is 0 Å². The van der Waals surface area contributed by atoms with Crippen LogP contribution < -0.4 is 10.6 Å². The molecule has 3 nitrogen and oxygen atoms in total. The van der Waals surface area contributed by atoms with Crippen molar-refractivity contribution in [1.29, 1.82) is 0 Å². The van der Waals surface area contributed by atoms with Crippen molar-refractivity contribution < 1.29 is 4.79 Å². The van der Waals surface area contributed by atoms with Crippen molar-refractivity contribution in [3.8, 4) is 0 Å². The molecule has 0 radical (unpaired) electrons. The predicted octanol–water partition coefficient (Wildman–Crippen LogP) is 0.511. The summed E-state index contributed by atoms with van der Waals surface area (Å²) >= 11 is 0. The Balaban J connectivity index is 2.04. The molecule has 1 amide bonds. The molecule has 1 fully saturated rings. The fraction of sp³-hybridized carbons (Fsp3) is 0.889. The Hall–Kier alpha value is -0.570. The maximum atomic E-state index is 10.8. The van der Waals surface area contributed by atoms with Gasteiger partial charge in [-0.25, -0.2) is 0 Å². The molecule has 0 aromatic heterocycles. The summed E-state index contributed by atoms with van der Waals surface area (Å²) in [6, 6.07) is 0.372. The van der Waals surface area contributed by atoms with Crippen LogP contribution in [0.4, 0.5) is 0 Å². The molecule has 0 spiro atoms. The number of carbonyl (C=O) groups is 1. The monoisotopic (exact) mass is 170 g/mol. The van der Waals surface area contributed by atoms with Crippen LogP contribution >= 0.6 is 0 Å². The average Bonchev–Trinajstić information content (AvgIpc) is 2.35. The van der Waals surface area contributed by atoms with E-state index in [1.165, 1.54) is 6.42 Å². The summed E-state index contributed by atoms with van der Waals surface area (Å²) in [7, 11) is 0. The normalized spacial score (nSPS) is 23.2. The van der Waals surface area contributed by atoms with Crippen LogP contribution in [-0.2, 0) is 4.79 Å². The first-order chi connectivity index (χ1) is 5.68. The second-order valence-electron chi connectivity index (χ2n) is 3.84. The summed E-state index contributed by atoms with van der Waals surface area (Å²) in [5, 5.41) is 6.17. The van der Waals surface area contributed by atoms with E-state index in [1.807, 2.05) is 0 Å². The van der Waals surface area contributed by atoms with Gasteiger partial charge in [-0.2, -0.15) is 0 Å². The topological polar surface area (TPSA) is 41.1 Å². The minimum absolute atomic E-state index is 0.178. The summed E-state index contributed by atoms with van der Waals surface area (Å²) in [4.78, 5) is 10.8. The maximum Gasteiger partial charge on any atom is 0.221 e. The largest absolute Gasteiger partial charge is 0.354 e. The molecule has 0 bridgehead atoms. The predicted molar refractivity (Wildman–Crippen MR) is 48.9 cm³/mol. The standard InChI is InChI=1S/C9H18N2O/c1-7(2)3-4-10-8-5-9(12)11-6-8/h7-8,10H,3-6H2,1-2H3,(H,11,12). The Kier molecular flexibility index (Phi) is 3.53. The zero-order valence-corrected chi connectivity index (χ0v) is 7.89. The molecule has 1 aliphatic heterocycles. The second-order valence-corrected chi connectivity index (χ2v) is 3.84. The highest BCUT2D eigenvalue weighted by Crippen LogP contribution is 2.01. The Morgan fingerprint density at radius 2 is 2.42 bits per heavy atom. The van der Waals surface area contributed by atoms with Crippen LogP contribution in [-0.4, -0.2) is 25.0 Å². The lowest BCUT2D eigenvalue weighted by molar-refractivity contribution is -0.119. The third-order valence-corrected chi connectivity index (χ3v) is 2.13. The molecule has 0 aromatic rings. The molecule has 1 rings (SSSR count). The third-order valence-electron chi connectivity index (χ3n) is 2.13. The van der Waals surface area contributed by atoms with Gasteiger partial charge in [0.05, 0.1) is 0 Å². The molecular formula is C9H18N2O. The third kappa shape index (κ3) is 3.22. The first kappa shape index (κ1) is 9.52. The van der Waals surface area contributed by atoms with Gasteiger partial charge >= 0.3 is 0 Å². The number of hydrogen-bond acceptors (Lipinski definition) is 2. The highest BCUT2D eigenvalue weighted by atomic mass is 16.1. The van der Waals surface area contributed by atoms with Gasteiger partial charge in [-0.15, -0.1) is 0 Å². The number of rotatable bonds is 4. The fourth-order valence-corrected chi connectivity index (χ4v) is 1.33. The minimum atomic E-state index is 0.178. The van der Waals surface area contributed by atoms with Crippen molar-refractivity contribution in [3.05, 3.63) is 0 Å². The molecule has 1 unspecified atom stereocenters. The summed E-state index contributed by atoms with van der Waals surface area (Å²) in [6.45, 7) is 6.24. The van der Waals surface area contributed by atoms with Gasteiger partial charge in [-0.1, -0.05) is 13.8 Å². The quantitative estimate of drug-likeness (QED) is 0.645. The fourth-order valence-electron chi connectivity index (χ4n) is 1.33. The maximum absolute atomic E-state index is 10.8. The highest BCUT2D eigenvalue weighted by Gasteiger charge is 2.19. The molecular weight excluding hydrogens is 152 g/mol. The van der Waals surface area contributed by atoms with Crippen LogP contribution in [0.2, 0.25) is 0 Å². The van der Waals surface area contributed by atoms with Crippen molar-refractivity contribution >= 4 is 5.91 Å². The van der Waals surface area contributed by atoms with Gasteiger partial charge in [-0.05, 0) is 18.9 Å². The first-order valence-electron chi connectivity index (χ1n) is 4.68. The number of hydrogen-bond donors (Lipinski definition) is 2. The molecule has 1 saturated heterocycles. The Morgan fingerprint density at radius 1 is 1.67 bits per heavy atom. The van der Waals surface area contributed by atoms with Gasteiger partial charge in [0.25, 0.3) is 0 Å². The van der Waals surface area contributed by atoms with E-state index in [0.717, 1.165) is 19.0 Å². The molecule has 3 heteroatoms. The van der Waals surface area contributed by atoms with Crippen LogP contribution in [0.25, 0.3) is 0 Å². The van der Waals surface area contributed by atoms with Crippen LogP contribution in [0.15, 0.2) is 0 Å². The van der Waals surface area contributed by atoms with E-state index < -0.39 is 0 Å². The molecule has 12 heavy (non-hydrogen) atoms. The van der Waals surface area contributed by atoms with E-state index in [9.17, 15) is 4.79 Å². The molecule has 1 heterocycles. The SMILES string of the molecule is CC(C)CCNC1CNC(=O)C1. The lowest BCUT2D eigenvalue weighted by Gasteiger charge is -2.10. The number of carbonyl (C=O) groups excluding carboxylic acids is 1.